The lowest BCUT2D eigenvalue weighted by Crippen LogP contribution is -2.10. The maximum Gasteiger partial charge on any atom is 0.106 e. The SMILES string of the molecule is CCCOCCOCCOCC[O]. The standard InChI is InChI=1S/C9H19O4/c1-2-4-11-6-8-13-9-7-12-5-3-10/h2-9H2,1H3. The molecule has 0 fully saturated rings. The minimum absolute atomic E-state index is 0.181. The van der Waals surface area contributed by atoms with Gasteiger partial charge in [-0.05, 0) is 6.42 Å². The van der Waals surface area contributed by atoms with Gasteiger partial charge in [-0.15, -0.1) is 0 Å². The van der Waals surface area contributed by atoms with E-state index in [2.05, 4.69) is 6.92 Å². The Bertz CT molecular complexity index is 77.7. The minimum Gasteiger partial charge on any atom is -0.379 e. The van der Waals surface area contributed by atoms with Crippen LogP contribution in [0.15, 0.2) is 0 Å². The number of hydrogen-bond donors (Lipinski definition) is 0. The van der Waals surface area contributed by atoms with Crippen molar-refractivity contribution in [2.75, 3.05) is 46.2 Å². The summed E-state index contributed by atoms with van der Waals surface area (Å²) in [4.78, 5) is 0. The van der Waals surface area contributed by atoms with Crippen LogP contribution in [0, 0.1) is 0 Å². The van der Waals surface area contributed by atoms with E-state index in [1.165, 1.54) is 0 Å². The van der Waals surface area contributed by atoms with E-state index in [0.717, 1.165) is 13.0 Å². The van der Waals surface area contributed by atoms with Crippen LogP contribution >= 0.6 is 0 Å². The summed E-state index contributed by atoms with van der Waals surface area (Å²) >= 11 is 0. The molecule has 13 heavy (non-hydrogen) atoms. The molecule has 0 saturated heterocycles. The van der Waals surface area contributed by atoms with E-state index in [0.29, 0.717) is 26.4 Å². The molecule has 0 heterocycles. The molecule has 0 bridgehead atoms. The second kappa shape index (κ2) is 11.8. The third-order valence-corrected chi connectivity index (χ3v) is 1.32. The van der Waals surface area contributed by atoms with Crippen LogP contribution < -0.4 is 0 Å². The molecule has 0 aromatic carbocycles. The Hall–Kier alpha value is -0.160. The topological polar surface area (TPSA) is 47.6 Å². The molecule has 0 unspecified atom stereocenters. The molecule has 0 N–H and O–H groups in total. The highest BCUT2D eigenvalue weighted by Crippen LogP contribution is 1.82. The first-order valence-electron chi connectivity index (χ1n) is 4.73. The van der Waals surface area contributed by atoms with Gasteiger partial charge in [0.2, 0.25) is 0 Å². The molecule has 0 aliphatic rings. The smallest absolute Gasteiger partial charge is 0.106 e. The molecule has 79 valence electrons. The Labute approximate surface area is 79.8 Å². The molecule has 0 aromatic rings. The first-order valence-corrected chi connectivity index (χ1v) is 4.73. The number of ether oxygens (including phenoxy) is 3. The zero-order valence-corrected chi connectivity index (χ0v) is 8.29. The van der Waals surface area contributed by atoms with Crippen molar-refractivity contribution >= 4 is 0 Å². The van der Waals surface area contributed by atoms with E-state index in [1.807, 2.05) is 0 Å². The zero-order chi connectivity index (χ0) is 9.78. The molecule has 0 atom stereocenters. The van der Waals surface area contributed by atoms with Gasteiger partial charge in [0, 0.05) is 6.61 Å². The van der Waals surface area contributed by atoms with Crippen LogP contribution in [-0.2, 0) is 19.3 Å². The molecule has 0 saturated carbocycles. The monoisotopic (exact) mass is 191 g/mol. The van der Waals surface area contributed by atoms with Gasteiger partial charge in [-0.1, -0.05) is 6.92 Å². The average Bonchev–Trinajstić information content (AvgIpc) is 2.16. The lowest BCUT2D eigenvalue weighted by Gasteiger charge is -2.04. The highest BCUT2D eigenvalue weighted by Gasteiger charge is 1.90. The van der Waals surface area contributed by atoms with E-state index >= 15 is 0 Å². The van der Waals surface area contributed by atoms with Crippen LogP contribution in [0.5, 0.6) is 0 Å². The van der Waals surface area contributed by atoms with Crippen LogP contribution in [0.4, 0.5) is 0 Å². The molecule has 0 aromatic heterocycles. The Kier molecular flexibility index (Phi) is 11.7. The summed E-state index contributed by atoms with van der Waals surface area (Å²) in [6.45, 7) is 5.21. The Morgan fingerprint density at radius 2 is 1.23 bits per heavy atom. The lowest BCUT2D eigenvalue weighted by molar-refractivity contribution is 0.00160. The number of hydrogen-bond acceptors (Lipinski definition) is 3. The average molecular weight is 191 g/mol. The Morgan fingerprint density at radius 3 is 1.69 bits per heavy atom. The van der Waals surface area contributed by atoms with E-state index in [9.17, 15) is 5.11 Å². The van der Waals surface area contributed by atoms with Gasteiger partial charge in [-0.25, -0.2) is 5.11 Å². The zero-order valence-electron chi connectivity index (χ0n) is 8.29. The van der Waals surface area contributed by atoms with E-state index < -0.39 is 0 Å². The van der Waals surface area contributed by atoms with Gasteiger partial charge in [-0.3, -0.25) is 0 Å². The summed E-state index contributed by atoms with van der Waals surface area (Å²) < 4.78 is 15.3. The van der Waals surface area contributed by atoms with Gasteiger partial charge in [0.15, 0.2) is 0 Å². The fraction of sp³-hybridized carbons (Fsp3) is 1.00. The van der Waals surface area contributed by atoms with Crippen LogP contribution in [-0.4, -0.2) is 46.2 Å². The maximum atomic E-state index is 9.95. The highest BCUT2D eigenvalue weighted by atomic mass is 16.5. The van der Waals surface area contributed by atoms with Gasteiger partial charge in [0.25, 0.3) is 0 Å². The van der Waals surface area contributed by atoms with Crippen molar-refractivity contribution in [2.45, 2.75) is 13.3 Å². The largest absolute Gasteiger partial charge is 0.379 e. The van der Waals surface area contributed by atoms with Crippen molar-refractivity contribution in [3.05, 3.63) is 0 Å². The van der Waals surface area contributed by atoms with Gasteiger partial charge >= 0.3 is 0 Å². The molecule has 0 amide bonds. The first-order chi connectivity index (χ1) is 6.41. The summed E-state index contributed by atoms with van der Waals surface area (Å²) in [6.07, 6.45) is 1.03. The quantitative estimate of drug-likeness (QED) is 0.481. The summed E-state index contributed by atoms with van der Waals surface area (Å²) in [5.74, 6) is 0. The fourth-order valence-corrected chi connectivity index (χ4v) is 0.745. The molecule has 4 heteroatoms. The molecule has 1 radical (unpaired) electrons. The molecule has 0 spiro atoms. The Balaban J connectivity index is 2.76. The summed E-state index contributed by atoms with van der Waals surface area (Å²) in [5.41, 5.74) is 0. The molecular formula is C9H19O4. The van der Waals surface area contributed by atoms with Gasteiger partial charge in [0.05, 0.1) is 33.0 Å². The van der Waals surface area contributed by atoms with Gasteiger partial charge in [0.1, 0.15) is 6.61 Å². The second-order valence-corrected chi connectivity index (χ2v) is 2.54. The highest BCUT2D eigenvalue weighted by molar-refractivity contribution is 4.33. The van der Waals surface area contributed by atoms with Crippen molar-refractivity contribution < 1.29 is 19.3 Å². The van der Waals surface area contributed by atoms with Crippen molar-refractivity contribution in [1.29, 1.82) is 0 Å². The number of rotatable bonds is 10. The van der Waals surface area contributed by atoms with Crippen LogP contribution in [0.3, 0.4) is 0 Å². The molecule has 0 aliphatic carbocycles. The Morgan fingerprint density at radius 1 is 0.769 bits per heavy atom. The predicted octanol–water partition coefficient (Wildman–Crippen LogP) is 0.877. The third-order valence-electron chi connectivity index (χ3n) is 1.32. The van der Waals surface area contributed by atoms with Gasteiger partial charge in [-0.2, -0.15) is 0 Å². The van der Waals surface area contributed by atoms with E-state index in [4.69, 9.17) is 14.2 Å². The van der Waals surface area contributed by atoms with Crippen molar-refractivity contribution in [2.24, 2.45) is 0 Å². The minimum atomic E-state index is -0.181. The third kappa shape index (κ3) is 11.8. The molecule has 0 rings (SSSR count). The van der Waals surface area contributed by atoms with Crippen LogP contribution in [0.1, 0.15) is 13.3 Å². The normalized spacial score (nSPS) is 10.6. The van der Waals surface area contributed by atoms with Crippen LogP contribution in [0.2, 0.25) is 0 Å². The maximum absolute atomic E-state index is 9.95. The fourth-order valence-electron chi connectivity index (χ4n) is 0.745. The van der Waals surface area contributed by atoms with Crippen molar-refractivity contribution in [3.63, 3.8) is 0 Å². The first kappa shape index (κ1) is 12.8. The predicted molar refractivity (Wildman–Crippen MR) is 48.3 cm³/mol. The molecule has 0 aliphatic heterocycles. The molecule has 4 nitrogen and oxygen atoms in total. The molecular weight excluding hydrogens is 172 g/mol. The van der Waals surface area contributed by atoms with Crippen molar-refractivity contribution in [3.8, 4) is 0 Å². The summed E-state index contributed by atoms with van der Waals surface area (Å²) in [7, 11) is 0. The second-order valence-electron chi connectivity index (χ2n) is 2.54. The van der Waals surface area contributed by atoms with E-state index in [1.54, 1.807) is 0 Å². The van der Waals surface area contributed by atoms with E-state index in [-0.39, 0.29) is 13.2 Å². The summed E-state index contributed by atoms with van der Waals surface area (Å²) in [5, 5.41) is 9.95. The van der Waals surface area contributed by atoms with Crippen molar-refractivity contribution in [1.82, 2.24) is 0 Å². The van der Waals surface area contributed by atoms with Gasteiger partial charge < -0.3 is 14.2 Å². The van der Waals surface area contributed by atoms with Crippen LogP contribution in [0.25, 0.3) is 0 Å². The summed E-state index contributed by atoms with van der Waals surface area (Å²) in [6, 6.07) is 0. The lowest BCUT2D eigenvalue weighted by atomic mass is 10.5.